The first kappa shape index (κ1) is 23.4. The summed E-state index contributed by atoms with van der Waals surface area (Å²) < 4.78 is 1.73. The van der Waals surface area contributed by atoms with E-state index in [1.54, 1.807) is 10.9 Å². The number of hydrogen-bond donors (Lipinski definition) is 5. The van der Waals surface area contributed by atoms with E-state index < -0.39 is 29.7 Å². The van der Waals surface area contributed by atoms with Gasteiger partial charge in [0.2, 0.25) is 5.91 Å². The van der Waals surface area contributed by atoms with E-state index in [0.717, 1.165) is 5.56 Å². The molecule has 1 saturated carbocycles. The van der Waals surface area contributed by atoms with Crippen molar-refractivity contribution in [3.05, 3.63) is 48.5 Å². The number of imidazole rings is 1. The molecule has 3 aromatic rings. The highest BCUT2D eigenvalue weighted by Gasteiger charge is 2.43. The van der Waals surface area contributed by atoms with Crippen LogP contribution in [-0.4, -0.2) is 71.6 Å². The van der Waals surface area contributed by atoms with Gasteiger partial charge in [-0.05, 0) is 18.4 Å². The summed E-state index contributed by atoms with van der Waals surface area (Å²) in [5.74, 6) is 0.0758. The molecule has 2 fully saturated rings. The van der Waals surface area contributed by atoms with Crippen molar-refractivity contribution in [2.75, 3.05) is 18.5 Å². The summed E-state index contributed by atoms with van der Waals surface area (Å²) in [7, 11) is 0. The predicted octanol–water partition coefficient (Wildman–Crippen LogP) is 0.436. The molecule has 3 heterocycles. The SMILES string of the molecule is Cl.O=C1C[C@](Cc2ccccc2)(Nc2ncnc3c2ncn3C2CC(CO)C(O)C2O)CN1. The molecule has 33 heavy (non-hydrogen) atoms. The van der Waals surface area contributed by atoms with Gasteiger partial charge in [-0.3, -0.25) is 4.79 Å². The maximum absolute atomic E-state index is 12.1. The number of amides is 1. The lowest BCUT2D eigenvalue weighted by molar-refractivity contribution is -0.119. The van der Waals surface area contributed by atoms with Crippen molar-refractivity contribution in [2.24, 2.45) is 5.92 Å². The zero-order valence-electron chi connectivity index (χ0n) is 17.8. The summed E-state index contributed by atoms with van der Waals surface area (Å²) in [5, 5.41) is 36.6. The summed E-state index contributed by atoms with van der Waals surface area (Å²) >= 11 is 0. The van der Waals surface area contributed by atoms with Gasteiger partial charge in [-0.25, -0.2) is 15.0 Å². The molecule has 5 atom stereocenters. The fourth-order valence-corrected chi connectivity index (χ4v) is 4.94. The Kier molecular flexibility index (Phi) is 6.53. The smallest absolute Gasteiger partial charge is 0.222 e. The Labute approximate surface area is 196 Å². The molecule has 1 aliphatic heterocycles. The largest absolute Gasteiger partial charge is 0.396 e. The lowest BCUT2D eigenvalue weighted by atomic mass is 9.89. The van der Waals surface area contributed by atoms with Crippen LogP contribution in [0.15, 0.2) is 43.0 Å². The Morgan fingerprint density at radius 3 is 2.61 bits per heavy atom. The topological polar surface area (TPSA) is 145 Å². The minimum absolute atomic E-state index is 0. The van der Waals surface area contributed by atoms with Crippen LogP contribution in [0.3, 0.4) is 0 Å². The number of nitrogens with one attached hydrogen (secondary N) is 2. The standard InChI is InChI=1S/C22H26N6O4.ClH/c29-9-14-6-15(19(32)18(14)31)28-12-26-17-20(24-11-25-21(17)28)27-22(8-16(30)23-10-22)7-13-4-2-1-3-5-13;/h1-5,11-12,14-15,18-19,29,31-32H,6-10H2,(H,23,30)(H,24,25,27);1H/t14?,15?,18?,19?,22-;/m0./s1. The van der Waals surface area contributed by atoms with Crippen molar-refractivity contribution in [3.8, 4) is 0 Å². The van der Waals surface area contributed by atoms with E-state index in [9.17, 15) is 20.1 Å². The minimum Gasteiger partial charge on any atom is -0.396 e. The molecule has 2 aromatic heterocycles. The van der Waals surface area contributed by atoms with Crippen molar-refractivity contribution >= 4 is 35.3 Å². The molecule has 4 unspecified atom stereocenters. The first-order chi connectivity index (χ1) is 15.5. The van der Waals surface area contributed by atoms with E-state index in [-0.39, 0.29) is 24.9 Å². The van der Waals surface area contributed by atoms with Crippen LogP contribution in [-0.2, 0) is 11.2 Å². The number of carbonyl (C=O) groups is 1. The third-order valence-electron chi connectivity index (χ3n) is 6.61. The van der Waals surface area contributed by atoms with Crippen LogP contribution in [0.1, 0.15) is 24.4 Å². The van der Waals surface area contributed by atoms with Crippen LogP contribution < -0.4 is 10.6 Å². The molecule has 10 nitrogen and oxygen atoms in total. The number of nitrogens with zero attached hydrogens (tertiary/aromatic N) is 4. The van der Waals surface area contributed by atoms with Gasteiger partial charge in [-0.15, -0.1) is 12.4 Å². The van der Waals surface area contributed by atoms with E-state index in [1.165, 1.54) is 6.33 Å². The Morgan fingerprint density at radius 2 is 1.94 bits per heavy atom. The first-order valence-electron chi connectivity index (χ1n) is 10.7. The van der Waals surface area contributed by atoms with Crippen LogP contribution in [0.5, 0.6) is 0 Å². The molecule has 2 aliphatic rings. The van der Waals surface area contributed by atoms with E-state index in [2.05, 4.69) is 25.6 Å². The fourth-order valence-electron chi connectivity index (χ4n) is 4.94. The summed E-state index contributed by atoms with van der Waals surface area (Å²) in [4.78, 5) is 25.4. The first-order valence-corrected chi connectivity index (χ1v) is 10.7. The third kappa shape index (κ3) is 4.26. The Hall–Kier alpha value is -2.79. The zero-order valence-corrected chi connectivity index (χ0v) is 18.6. The van der Waals surface area contributed by atoms with E-state index in [4.69, 9.17) is 0 Å². The van der Waals surface area contributed by atoms with Crippen molar-refractivity contribution in [1.29, 1.82) is 0 Å². The van der Waals surface area contributed by atoms with E-state index >= 15 is 0 Å². The van der Waals surface area contributed by atoms with Crippen LogP contribution in [0.4, 0.5) is 5.82 Å². The number of aliphatic hydroxyl groups excluding tert-OH is 3. The number of aliphatic hydroxyl groups is 3. The maximum atomic E-state index is 12.1. The summed E-state index contributed by atoms with van der Waals surface area (Å²) in [6.45, 7) is 0.255. The van der Waals surface area contributed by atoms with E-state index in [1.807, 2.05) is 30.3 Å². The molecule has 1 saturated heterocycles. The van der Waals surface area contributed by atoms with Crippen LogP contribution >= 0.6 is 12.4 Å². The number of fused-ring (bicyclic) bond motifs is 1. The molecule has 11 heteroatoms. The lowest BCUT2D eigenvalue weighted by Gasteiger charge is -2.29. The Bertz CT molecular complexity index is 1130. The highest BCUT2D eigenvalue weighted by Crippen LogP contribution is 2.37. The summed E-state index contributed by atoms with van der Waals surface area (Å²) in [5.41, 5.74) is 1.58. The van der Waals surface area contributed by atoms with Crippen molar-refractivity contribution in [3.63, 3.8) is 0 Å². The van der Waals surface area contributed by atoms with Crippen LogP contribution in [0.2, 0.25) is 0 Å². The fraction of sp³-hybridized carbons (Fsp3) is 0.455. The van der Waals surface area contributed by atoms with Gasteiger partial charge in [0.15, 0.2) is 11.5 Å². The highest BCUT2D eigenvalue weighted by molar-refractivity contribution is 5.86. The van der Waals surface area contributed by atoms with Crippen LogP contribution in [0.25, 0.3) is 11.2 Å². The van der Waals surface area contributed by atoms with Gasteiger partial charge in [-0.2, -0.15) is 0 Å². The van der Waals surface area contributed by atoms with Crippen molar-refractivity contribution in [2.45, 2.75) is 43.1 Å². The van der Waals surface area contributed by atoms with E-state index in [0.29, 0.717) is 42.8 Å². The number of rotatable bonds is 6. The van der Waals surface area contributed by atoms with Crippen molar-refractivity contribution in [1.82, 2.24) is 24.8 Å². The molecular formula is C22H27ClN6O4. The molecule has 0 radical (unpaired) electrons. The van der Waals surface area contributed by atoms with Gasteiger partial charge in [-0.1, -0.05) is 30.3 Å². The number of carbonyl (C=O) groups excluding carboxylic acids is 1. The number of hydrogen-bond acceptors (Lipinski definition) is 8. The minimum atomic E-state index is -1.03. The number of aromatic nitrogens is 4. The molecule has 176 valence electrons. The normalized spacial score (nSPS) is 29.1. The second-order valence-electron chi connectivity index (χ2n) is 8.79. The van der Waals surface area contributed by atoms with Gasteiger partial charge in [0, 0.05) is 19.1 Å². The monoisotopic (exact) mass is 474 g/mol. The quantitative estimate of drug-likeness (QED) is 0.346. The lowest BCUT2D eigenvalue weighted by Crippen LogP contribution is -2.43. The average molecular weight is 475 g/mol. The maximum Gasteiger partial charge on any atom is 0.222 e. The molecule has 0 bridgehead atoms. The second kappa shape index (κ2) is 9.22. The summed E-state index contributed by atoms with van der Waals surface area (Å²) in [6.07, 6.45) is 2.30. The van der Waals surface area contributed by atoms with Crippen molar-refractivity contribution < 1.29 is 20.1 Å². The summed E-state index contributed by atoms with van der Waals surface area (Å²) in [6, 6.07) is 9.50. The van der Waals surface area contributed by atoms with Gasteiger partial charge < -0.3 is 30.5 Å². The van der Waals surface area contributed by atoms with Gasteiger partial charge >= 0.3 is 0 Å². The molecule has 1 aromatic carbocycles. The molecule has 5 N–H and O–H groups in total. The number of benzene rings is 1. The van der Waals surface area contributed by atoms with Gasteiger partial charge in [0.05, 0.1) is 30.4 Å². The van der Waals surface area contributed by atoms with Crippen LogP contribution in [0, 0.1) is 5.92 Å². The Morgan fingerprint density at radius 1 is 1.15 bits per heavy atom. The molecule has 5 rings (SSSR count). The molecule has 0 spiro atoms. The highest BCUT2D eigenvalue weighted by atomic mass is 35.5. The molecule has 1 aliphatic carbocycles. The third-order valence-corrected chi connectivity index (χ3v) is 6.61. The second-order valence-corrected chi connectivity index (χ2v) is 8.79. The average Bonchev–Trinajstić information content (AvgIpc) is 3.46. The molecule has 1 amide bonds. The Balaban J connectivity index is 0.00000259. The predicted molar refractivity (Wildman–Crippen MR) is 123 cm³/mol. The van der Waals surface area contributed by atoms with Gasteiger partial charge in [0.25, 0.3) is 0 Å². The number of halogens is 1. The zero-order chi connectivity index (χ0) is 22.3. The number of anilines is 1. The van der Waals surface area contributed by atoms with Gasteiger partial charge in [0.1, 0.15) is 17.9 Å². The molecular weight excluding hydrogens is 448 g/mol.